The average molecular weight is 255 g/mol. The van der Waals surface area contributed by atoms with Crippen LogP contribution in [0.1, 0.15) is 16.7 Å². The van der Waals surface area contributed by atoms with Crippen molar-refractivity contribution < 1.29 is 4.79 Å². The van der Waals surface area contributed by atoms with Gasteiger partial charge in [0.2, 0.25) is 5.91 Å². The third-order valence-corrected chi connectivity index (χ3v) is 2.84. The molecule has 0 bridgehead atoms. The molecule has 0 radical (unpaired) electrons. The number of hydrogen-bond donors (Lipinski definition) is 2. The maximum atomic E-state index is 11.9. The standard InChI is InChI=1S/C15H17N3O/c1-10-3-5-12(6-4-10)8-14(19)18-15-11(2)7-13(16)9-17-15/h3-7,9H,8,16H2,1-2H3,(H,17,18,19). The van der Waals surface area contributed by atoms with Gasteiger partial charge in [0.25, 0.3) is 0 Å². The van der Waals surface area contributed by atoms with Crippen LogP contribution in [0.2, 0.25) is 0 Å². The number of rotatable bonds is 3. The van der Waals surface area contributed by atoms with E-state index in [0.29, 0.717) is 17.9 Å². The second-order valence-electron chi connectivity index (χ2n) is 4.64. The largest absolute Gasteiger partial charge is 0.397 e. The maximum Gasteiger partial charge on any atom is 0.229 e. The van der Waals surface area contributed by atoms with Crippen molar-refractivity contribution >= 4 is 17.4 Å². The fourth-order valence-corrected chi connectivity index (χ4v) is 1.79. The van der Waals surface area contributed by atoms with E-state index in [1.54, 1.807) is 6.07 Å². The lowest BCUT2D eigenvalue weighted by Crippen LogP contribution is -2.16. The Morgan fingerprint density at radius 2 is 1.95 bits per heavy atom. The SMILES string of the molecule is Cc1ccc(CC(=O)Nc2ncc(N)cc2C)cc1. The molecular weight excluding hydrogens is 238 g/mol. The van der Waals surface area contributed by atoms with Gasteiger partial charge in [-0.1, -0.05) is 29.8 Å². The Morgan fingerprint density at radius 1 is 1.26 bits per heavy atom. The fraction of sp³-hybridized carbons (Fsp3) is 0.200. The Labute approximate surface area is 112 Å². The maximum absolute atomic E-state index is 11.9. The summed E-state index contributed by atoms with van der Waals surface area (Å²) in [6.45, 7) is 3.89. The molecule has 1 aromatic carbocycles. The van der Waals surface area contributed by atoms with E-state index in [2.05, 4.69) is 10.3 Å². The van der Waals surface area contributed by atoms with Crippen LogP contribution in [0.5, 0.6) is 0 Å². The molecule has 0 saturated heterocycles. The number of anilines is 2. The summed E-state index contributed by atoms with van der Waals surface area (Å²) in [6.07, 6.45) is 1.88. The quantitative estimate of drug-likeness (QED) is 0.885. The molecule has 2 rings (SSSR count). The molecule has 0 aliphatic carbocycles. The number of nitrogens with zero attached hydrogens (tertiary/aromatic N) is 1. The van der Waals surface area contributed by atoms with Crippen molar-refractivity contribution in [2.75, 3.05) is 11.1 Å². The molecule has 4 heteroatoms. The van der Waals surface area contributed by atoms with E-state index < -0.39 is 0 Å². The van der Waals surface area contributed by atoms with Crippen molar-refractivity contribution in [1.29, 1.82) is 0 Å². The van der Waals surface area contributed by atoms with Crippen LogP contribution in [0.3, 0.4) is 0 Å². The molecule has 0 fully saturated rings. The van der Waals surface area contributed by atoms with Gasteiger partial charge in [-0.3, -0.25) is 4.79 Å². The lowest BCUT2D eigenvalue weighted by atomic mass is 10.1. The molecule has 4 nitrogen and oxygen atoms in total. The Kier molecular flexibility index (Phi) is 3.80. The van der Waals surface area contributed by atoms with E-state index in [4.69, 9.17) is 5.73 Å². The van der Waals surface area contributed by atoms with Crippen molar-refractivity contribution in [1.82, 2.24) is 4.98 Å². The van der Waals surface area contributed by atoms with Gasteiger partial charge < -0.3 is 11.1 Å². The number of pyridine rings is 1. The van der Waals surface area contributed by atoms with Gasteiger partial charge >= 0.3 is 0 Å². The second kappa shape index (κ2) is 5.52. The van der Waals surface area contributed by atoms with Crippen LogP contribution in [0.4, 0.5) is 11.5 Å². The summed E-state index contributed by atoms with van der Waals surface area (Å²) in [7, 11) is 0. The van der Waals surface area contributed by atoms with Crippen LogP contribution in [-0.2, 0) is 11.2 Å². The van der Waals surface area contributed by atoms with Gasteiger partial charge in [-0.2, -0.15) is 0 Å². The van der Waals surface area contributed by atoms with Crippen LogP contribution in [0, 0.1) is 13.8 Å². The lowest BCUT2D eigenvalue weighted by molar-refractivity contribution is -0.115. The molecule has 19 heavy (non-hydrogen) atoms. The predicted octanol–water partition coefficient (Wildman–Crippen LogP) is 2.46. The first-order chi connectivity index (χ1) is 9.04. The van der Waals surface area contributed by atoms with Gasteiger partial charge in [-0.25, -0.2) is 4.98 Å². The van der Waals surface area contributed by atoms with Gasteiger partial charge in [0.05, 0.1) is 18.3 Å². The van der Waals surface area contributed by atoms with Crippen LogP contribution >= 0.6 is 0 Å². The molecule has 0 saturated carbocycles. The summed E-state index contributed by atoms with van der Waals surface area (Å²) in [5.41, 5.74) is 9.23. The van der Waals surface area contributed by atoms with Crippen LogP contribution in [-0.4, -0.2) is 10.9 Å². The summed E-state index contributed by atoms with van der Waals surface area (Å²) in [5, 5.41) is 2.79. The van der Waals surface area contributed by atoms with E-state index in [1.165, 1.54) is 11.8 Å². The fourth-order valence-electron chi connectivity index (χ4n) is 1.79. The number of carbonyl (C=O) groups excluding carboxylic acids is 1. The topological polar surface area (TPSA) is 68.0 Å². The van der Waals surface area contributed by atoms with Gasteiger partial charge in [-0.05, 0) is 31.0 Å². The number of hydrogen-bond acceptors (Lipinski definition) is 3. The minimum Gasteiger partial charge on any atom is -0.397 e. The molecule has 2 aromatic rings. The molecule has 0 unspecified atom stereocenters. The summed E-state index contributed by atoms with van der Waals surface area (Å²) in [5.74, 6) is 0.482. The van der Waals surface area contributed by atoms with Gasteiger partial charge in [0.15, 0.2) is 0 Å². The average Bonchev–Trinajstić information content (AvgIpc) is 2.36. The highest BCUT2D eigenvalue weighted by atomic mass is 16.1. The lowest BCUT2D eigenvalue weighted by Gasteiger charge is -2.08. The molecule has 98 valence electrons. The van der Waals surface area contributed by atoms with Gasteiger partial charge in [0.1, 0.15) is 5.82 Å². The van der Waals surface area contributed by atoms with E-state index in [0.717, 1.165) is 11.1 Å². The number of aryl methyl sites for hydroxylation is 2. The Balaban J connectivity index is 2.03. The van der Waals surface area contributed by atoms with Crippen molar-refractivity contribution in [2.24, 2.45) is 0 Å². The zero-order chi connectivity index (χ0) is 13.8. The highest BCUT2D eigenvalue weighted by molar-refractivity contribution is 5.92. The highest BCUT2D eigenvalue weighted by Crippen LogP contribution is 2.14. The first-order valence-corrected chi connectivity index (χ1v) is 6.12. The predicted molar refractivity (Wildman–Crippen MR) is 76.9 cm³/mol. The zero-order valence-corrected chi connectivity index (χ0v) is 11.1. The summed E-state index contributed by atoms with van der Waals surface area (Å²) in [4.78, 5) is 16.0. The van der Waals surface area contributed by atoms with E-state index in [9.17, 15) is 4.79 Å². The second-order valence-corrected chi connectivity index (χ2v) is 4.64. The third kappa shape index (κ3) is 3.55. The van der Waals surface area contributed by atoms with E-state index in [1.807, 2.05) is 38.1 Å². The smallest absolute Gasteiger partial charge is 0.229 e. The van der Waals surface area contributed by atoms with E-state index in [-0.39, 0.29) is 5.91 Å². The zero-order valence-electron chi connectivity index (χ0n) is 11.1. The van der Waals surface area contributed by atoms with Crippen LogP contribution < -0.4 is 11.1 Å². The minimum absolute atomic E-state index is 0.0794. The van der Waals surface area contributed by atoms with Crippen molar-refractivity contribution in [3.63, 3.8) is 0 Å². The molecule has 0 atom stereocenters. The molecule has 3 N–H and O–H groups in total. The number of nitrogens with one attached hydrogen (secondary N) is 1. The highest BCUT2D eigenvalue weighted by Gasteiger charge is 2.07. The number of amides is 1. The molecule has 0 aliphatic rings. The summed E-state index contributed by atoms with van der Waals surface area (Å²) < 4.78 is 0. The molecule has 1 heterocycles. The number of nitrogens with two attached hydrogens (primary N) is 1. The summed E-state index contributed by atoms with van der Waals surface area (Å²) in [6, 6.07) is 9.69. The van der Waals surface area contributed by atoms with Crippen LogP contribution in [0.15, 0.2) is 36.5 Å². The molecular formula is C15H17N3O. The number of nitrogen functional groups attached to an aromatic ring is 1. The summed E-state index contributed by atoms with van der Waals surface area (Å²) >= 11 is 0. The van der Waals surface area contributed by atoms with Crippen molar-refractivity contribution in [2.45, 2.75) is 20.3 Å². The number of carbonyl (C=O) groups is 1. The van der Waals surface area contributed by atoms with Crippen molar-refractivity contribution in [3.8, 4) is 0 Å². The normalized spacial score (nSPS) is 10.2. The Morgan fingerprint density at radius 3 is 2.58 bits per heavy atom. The monoisotopic (exact) mass is 255 g/mol. The molecule has 0 aliphatic heterocycles. The molecule has 1 aromatic heterocycles. The van der Waals surface area contributed by atoms with Gasteiger partial charge in [-0.15, -0.1) is 0 Å². The number of benzene rings is 1. The van der Waals surface area contributed by atoms with E-state index >= 15 is 0 Å². The van der Waals surface area contributed by atoms with Crippen molar-refractivity contribution in [3.05, 3.63) is 53.2 Å². The first kappa shape index (κ1) is 13.1. The third-order valence-electron chi connectivity index (χ3n) is 2.84. The Hall–Kier alpha value is -2.36. The molecule has 0 spiro atoms. The Bertz CT molecular complexity index is 591. The minimum atomic E-state index is -0.0794. The number of aromatic nitrogens is 1. The first-order valence-electron chi connectivity index (χ1n) is 6.12. The van der Waals surface area contributed by atoms with Crippen LogP contribution in [0.25, 0.3) is 0 Å². The van der Waals surface area contributed by atoms with Gasteiger partial charge in [0, 0.05) is 0 Å². The molecule has 1 amide bonds.